The van der Waals surface area contributed by atoms with Crippen LogP contribution < -0.4 is 0 Å². The minimum absolute atomic E-state index is 0.0655. The molecule has 7 heteroatoms. The van der Waals surface area contributed by atoms with Gasteiger partial charge in [-0.15, -0.1) is 0 Å². The lowest BCUT2D eigenvalue weighted by atomic mass is 9.90. The zero-order valence-electron chi connectivity index (χ0n) is 17.3. The van der Waals surface area contributed by atoms with Crippen molar-refractivity contribution in [1.29, 1.82) is 0 Å². The summed E-state index contributed by atoms with van der Waals surface area (Å²) in [5.41, 5.74) is -0.635. The molecule has 0 aliphatic rings. The molecule has 0 saturated carbocycles. The summed E-state index contributed by atoms with van der Waals surface area (Å²) in [4.78, 5) is 0. The Bertz CT molecular complexity index is 568. The number of hydrogen-bond acceptors (Lipinski definition) is 1. The summed E-state index contributed by atoms with van der Waals surface area (Å²) in [5, 5.41) is 0. The van der Waals surface area contributed by atoms with Crippen molar-refractivity contribution in [2.45, 2.75) is 96.5 Å². The topological polar surface area (TPSA) is 9.23 Å². The van der Waals surface area contributed by atoms with Gasteiger partial charge in [-0.3, -0.25) is 0 Å². The third-order valence-corrected chi connectivity index (χ3v) is 6.70. The molecule has 1 aromatic carbocycles. The van der Waals surface area contributed by atoms with E-state index < -0.39 is 34.6 Å². The van der Waals surface area contributed by atoms with Gasteiger partial charge in [0.05, 0.1) is 5.60 Å². The van der Waals surface area contributed by atoms with E-state index in [1.165, 1.54) is 0 Å². The molecular weight excluding hydrogens is 391 g/mol. The quantitative estimate of drug-likeness (QED) is 0.112. The molecule has 0 fully saturated rings. The molecule has 1 nitrogen and oxygen atoms in total. The molecule has 0 spiro atoms. The van der Waals surface area contributed by atoms with Crippen molar-refractivity contribution < 1.29 is 26.4 Å². The molecule has 0 unspecified atom stereocenters. The number of halogens is 5. The molecule has 0 atom stereocenters. The minimum atomic E-state index is -2.10. The maximum Gasteiger partial charge on any atom is 0.200 e. The van der Waals surface area contributed by atoms with Gasteiger partial charge in [0.25, 0.3) is 0 Å². The smallest absolute Gasteiger partial charge is 0.200 e. The molecule has 0 bridgehead atoms. The Labute approximate surface area is 168 Å². The van der Waals surface area contributed by atoms with Crippen LogP contribution in [-0.2, 0) is 10.8 Å². The molecule has 0 aromatic heterocycles. The molecule has 0 heterocycles. The molecule has 0 aliphatic carbocycles. The Hall–Kier alpha value is -0.953. The van der Waals surface area contributed by atoms with Crippen molar-refractivity contribution in [3.05, 3.63) is 34.6 Å². The monoisotopic (exact) mass is 424 g/mol. The van der Waals surface area contributed by atoms with Crippen LogP contribution in [0.15, 0.2) is 0 Å². The van der Waals surface area contributed by atoms with Crippen molar-refractivity contribution in [1.82, 2.24) is 0 Å². The lowest BCUT2D eigenvalue weighted by Gasteiger charge is -2.31. The fourth-order valence-electron chi connectivity index (χ4n) is 3.67. The second-order valence-electron chi connectivity index (χ2n) is 7.47. The van der Waals surface area contributed by atoms with Crippen LogP contribution in [0.3, 0.4) is 0 Å². The lowest BCUT2D eigenvalue weighted by Crippen LogP contribution is -2.30. The van der Waals surface area contributed by atoms with Crippen molar-refractivity contribution in [2.75, 3.05) is 0 Å². The van der Waals surface area contributed by atoms with Crippen molar-refractivity contribution in [3.8, 4) is 0 Å². The minimum Gasteiger partial charge on any atom is -0.422 e. The van der Waals surface area contributed by atoms with E-state index in [1.807, 2.05) is 0 Å². The number of rotatable bonds is 14. The Morgan fingerprint density at radius 3 is 1.46 bits per heavy atom. The SMILES string of the molecule is CCC(CC)(CCCCCCCCCCc1c(F)c(F)c(F)c(F)c1F)O[SiH3]. The van der Waals surface area contributed by atoms with Gasteiger partial charge in [0, 0.05) is 5.56 Å². The molecule has 0 N–H and O–H groups in total. The highest BCUT2D eigenvalue weighted by molar-refractivity contribution is 5.98. The van der Waals surface area contributed by atoms with Crippen LogP contribution in [0, 0.1) is 29.1 Å². The van der Waals surface area contributed by atoms with E-state index in [1.54, 1.807) is 0 Å². The van der Waals surface area contributed by atoms with Gasteiger partial charge >= 0.3 is 0 Å². The average molecular weight is 425 g/mol. The Kier molecular flexibility index (Phi) is 11.3. The van der Waals surface area contributed by atoms with Gasteiger partial charge in [-0.2, -0.15) is 0 Å². The van der Waals surface area contributed by atoms with E-state index in [-0.39, 0.29) is 12.0 Å². The van der Waals surface area contributed by atoms with Crippen LogP contribution in [0.1, 0.15) is 90.0 Å². The fraction of sp³-hybridized carbons (Fsp3) is 0.714. The first-order chi connectivity index (χ1) is 13.3. The van der Waals surface area contributed by atoms with Gasteiger partial charge in [0.2, 0.25) is 5.82 Å². The Morgan fingerprint density at radius 2 is 1.04 bits per heavy atom. The van der Waals surface area contributed by atoms with Gasteiger partial charge in [-0.1, -0.05) is 58.8 Å². The van der Waals surface area contributed by atoms with Gasteiger partial charge in [-0.25, -0.2) is 22.0 Å². The zero-order valence-corrected chi connectivity index (χ0v) is 19.3. The molecule has 0 saturated heterocycles. The maximum absolute atomic E-state index is 13.6. The highest BCUT2D eigenvalue weighted by Crippen LogP contribution is 2.27. The molecule has 28 heavy (non-hydrogen) atoms. The van der Waals surface area contributed by atoms with E-state index in [2.05, 4.69) is 13.8 Å². The van der Waals surface area contributed by atoms with Crippen LogP contribution in [-0.4, -0.2) is 16.1 Å². The molecule has 1 aromatic rings. The van der Waals surface area contributed by atoms with Gasteiger partial charge in [-0.05, 0) is 32.1 Å². The van der Waals surface area contributed by atoms with Crippen molar-refractivity contribution >= 4 is 10.5 Å². The van der Waals surface area contributed by atoms with Crippen LogP contribution in [0.4, 0.5) is 22.0 Å². The predicted molar refractivity (Wildman–Crippen MR) is 106 cm³/mol. The van der Waals surface area contributed by atoms with Crippen molar-refractivity contribution in [3.63, 3.8) is 0 Å². The molecule has 0 aliphatic heterocycles. The molecule has 162 valence electrons. The first kappa shape index (κ1) is 25.1. The first-order valence-corrected chi connectivity index (χ1v) is 11.2. The van der Waals surface area contributed by atoms with Crippen LogP contribution >= 0.6 is 0 Å². The van der Waals surface area contributed by atoms with Gasteiger partial charge < -0.3 is 4.43 Å². The first-order valence-electron chi connectivity index (χ1n) is 10.4. The van der Waals surface area contributed by atoms with E-state index in [4.69, 9.17) is 4.43 Å². The van der Waals surface area contributed by atoms with E-state index in [0.717, 1.165) is 68.3 Å². The van der Waals surface area contributed by atoms with Gasteiger partial charge in [0.15, 0.2) is 23.3 Å². The summed E-state index contributed by atoms with van der Waals surface area (Å²) in [5.74, 6) is -9.23. The third kappa shape index (κ3) is 6.83. The van der Waals surface area contributed by atoms with Crippen LogP contribution in [0.5, 0.6) is 0 Å². The number of benzene rings is 1. The summed E-state index contributed by atoms with van der Waals surface area (Å²) in [6.45, 7) is 4.35. The van der Waals surface area contributed by atoms with E-state index in [9.17, 15) is 22.0 Å². The fourth-order valence-corrected chi connectivity index (χ4v) is 4.46. The summed E-state index contributed by atoms with van der Waals surface area (Å²) >= 11 is 0. The second-order valence-corrected chi connectivity index (χ2v) is 7.88. The molecule has 1 rings (SSSR count). The maximum atomic E-state index is 13.6. The zero-order chi connectivity index (χ0) is 21.2. The summed E-state index contributed by atoms with van der Waals surface area (Å²) in [6.07, 6.45) is 10.7. The number of unbranched alkanes of at least 4 members (excludes halogenated alkanes) is 7. The highest BCUT2D eigenvalue weighted by Gasteiger charge is 2.25. The lowest BCUT2D eigenvalue weighted by molar-refractivity contribution is 0.0583. The van der Waals surface area contributed by atoms with E-state index >= 15 is 0 Å². The normalized spacial score (nSPS) is 12.1. The van der Waals surface area contributed by atoms with Crippen LogP contribution in [0.2, 0.25) is 0 Å². The van der Waals surface area contributed by atoms with Crippen molar-refractivity contribution in [2.24, 2.45) is 0 Å². The average Bonchev–Trinajstić information content (AvgIpc) is 2.72. The number of hydrogen-bond donors (Lipinski definition) is 0. The third-order valence-electron chi connectivity index (χ3n) is 5.83. The second kappa shape index (κ2) is 12.6. The van der Waals surface area contributed by atoms with E-state index in [0.29, 0.717) is 12.8 Å². The Balaban J connectivity index is 2.20. The summed E-state index contributed by atoms with van der Waals surface area (Å²) in [6, 6.07) is 0. The predicted octanol–water partition coefficient (Wildman–Crippen LogP) is 6.29. The Morgan fingerprint density at radius 1 is 0.643 bits per heavy atom. The standard InChI is InChI=1S/C21H33F5OSi/c1-3-21(4-2,27-28)14-12-10-8-6-5-7-9-11-13-15-16(22)18(24)20(26)19(25)17(15)23/h3-14H2,1-2,28H3. The summed E-state index contributed by atoms with van der Waals surface area (Å²) < 4.78 is 72.3. The largest absolute Gasteiger partial charge is 0.422 e. The van der Waals surface area contributed by atoms with Crippen LogP contribution in [0.25, 0.3) is 0 Å². The molecular formula is C21H33F5OSi. The highest BCUT2D eigenvalue weighted by atomic mass is 28.2. The molecule has 0 radical (unpaired) electrons. The van der Waals surface area contributed by atoms with Gasteiger partial charge in [0.1, 0.15) is 10.5 Å². The summed E-state index contributed by atoms with van der Waals surface area (Å²) in [7, 11) is 0.767. The molecule has 0 amide bonds.